The van der Waals surface area contributed by atoms with E-state index >= 15 is 0 Å². The summed E-state index contributed by atoms with van der Waals surface area (Å²) in [6.45, 7) is 2.06. The lowest BCUT2D eigenvalue weighted by atomic mass is 9.99. The summed E-state index contributed by atoms with van der Waals surface area (Å²) in [5.41, 5.74) is 5.18. The summed E-state index contributed by atoms with van der Waals surface area (Å²) < 4.78 is 13.0. The van der Waals surface area contributed by atoms with E-state index in [9.17, 15) is 4.39 Å². The van der Waals surface area contributed by atoms with Gasteiger partial charge in [0.1, 0.15) is 5.82 Å². The van der Waals surface area contributed by atoms with Crippen LogP contribution >= 0.6 is 0 Å². The number of nitrogens with zero attached hydrogens (tertiary/aromatic N) is 1. The van der Waals surface area contributed by atoms with Gasteiger partial charge in [-0.2, -0.15) is 0 Å². The Kier molecular flexibility index (Phi) is 3.30. The van der Waals surface area contributed by atoms with E-state index < -0.39 is 0 Å². The molecule has 0 saturated carbocycles. The minimum Gasteiger partial charge on any atom is -0.256 e. The van der Waals surface area contributed by atoms with Gasteiger partial charge in [-0.3, -0.25) is 4.98 Å². The molecule has 2 aromatic carbocycles. The van der Waals surface area contributed by atoms with Crippen molar-refractivity contribution in [1.82, 2.24) is 4.98 Å². The lowest BCUT2D eigenvalue weighted by Crippen LogP contribution is -1.89. The van der Waals surface area contributed by atoms with Crippen molar-refractivity contribution in [3.63, 3.8) is 0 Å². The van der Waals surface area contributed by atoms with Crippen molar-refractivity contribution in [2.75, 3.05) is 0 Å². The van der Waals surface area contributed by atoms with Crippen LogP contribution in [0.25, 0.3) is 22.4 Å². The molecular formula is C18H14FN. The van der Waals surface area contributed by atoms with Crippen molar-refractivity contribution in [1.29, 1.82) is 0 Å². The molecule has 1 aromatic heterocycles. The van der Waals surface area contributed by atoms with E-state index in [2.05, 4.69) is 36.2 Å². The zero-order chi connectivity index (χ0) is 13.9. The molecule has 0 N–H and O–H groups in total. The van der Waals surface area contributed by atoms with Crippen LogP contribution in [0.5, 0.6) is 0 Å². The summed E-state index contributed by atoms with van der Waals surface area (Å²) in [5, 5.41) is 0. The van der Waals surface area contributed by atoms with E-state index in [1.54, 1.807) is 18.3 Å². The Morgan fingerprint density at radius 2 is 1.45 bits per heavy atom. The zero-order valence-electron chi connectivity index (χ0n) is 11.2. The average Bonchev–Trinajstić information content (AvgIpc) is 2.49. The highest BCUT2D eigenvalue weighted by atomic mass is 19.1. The van der Waals surface area contributed by atoms with Gasteiger partial charge in [-0.1, -0.05) is 35.9 Å². The van der Waals surface area contributed by atoms with Crippen LogP contribution in [0.4, 0.5) is 4.39 Å². The minimum atomic E-state index is -0.235. The number of benzene rings is 2. The largest absolute Gasteiger partial charge is 0.256 e. The van der Waals surface area contributed by atoms with Crippen LogP contribution in [-0.4, -0.2) is 4.98 Å². The molecule has 3 aromatic rings. The molecular weight excluding hydrogens is 249 g/mol. The first-order chi connectivity index (χ1) is 9.74. The molecule has 3 rings (SSSR count). The molecule has 98 valence electrons. The summed E-state index contributed by atoms with van der Waals surface area (Å²) in [7, 11) is 0. The van der Waals surface area contributed by atoms with Gasteiger partial charge in [0.2, 0.25) is 0 Å². The standard InChI is InChI=1S/C18H14FN/c1-13-4-6-14(7-5-13)17-3-2-12-20-18(17)15-8-10-16(19)11-9-15/h2-12H,1H3. The smallest absolute Gasteiger partial charge is 0.123 e. The maximum atomic E-state index is 13.0. The molecule has 0 aliphatic heterocycles. The van der Waals surface area contributed by atoms with Gasteiger partial charge in [-0.05, 0) is 42.8 Å². The van der Waals surface area contributed by atoms with Gasteiger partial charge >= 0.3 is 0 Å². The second kappa shape index (κ2) is 5.25. The van der Waals surface area contributed by atoms with Gasteiger partial charge in [-0.25, -0.2) is 4.39 Å². The van der Waals surface area contributed by atoms with Crippen LogP contribution in [0.2, 0.25) is 0 Å². The normalized spacial score (nSPS) is 10.5. The summed E-state index contributed by atoms with van der Waals surface area (Å²) in [6, 6.07) is 18.7. The molecule has 0 fully saturated rings. The second-order valence-electron chi connectivity index (χ2n) is 4.77. The third-order valence-electron chi connectivity index (χ3n) is 3.29. The highest BCUT2D eigenvalue weighted by molar-refractivity contribution is 5.80. The number of halogens is 1. The lowest BCUT2D eigenvalue weighted by Gasteiger charge is -2.09. The van der Waals surface area contributed by atoms with Gasteiger partial charge in [0.05, 0.1) is 5.69 Å². The van der Waals surface area contributed by atoms with Crippen LogP contribution in [0.15, 0.2) is 66.9 Å². The van der Waals surface area contributed by atoms with Crippen LogP contribution in [0.1, 0.15) is 5.56 Å². The Labute approximate surface area is 117 Å². The Bertz CT molecular complexity index is 651. The monoisotopic (exact) mass is 263 g/mol. The van der Waals surface area contributed by atoms with Crippen LogP contribution in [-0.2, 0) is 0 Å². The Morgan fingerprint density at radius 1 is 0.800 bits per heavy atom. The summed E-state index contributed by atoms with van der Waals surface area (Å²) in [5.74, 6) is -0.235. The van der Waals surface area contributed by atoms with E-state index in [-0.39, 0.29) is 5.82 Å². The fourth-order valence-electron chi connectivity index (χ4n) is 2.21. The molecule has 20 heavy (non-hydrogen) atoms. The predicted molar refractivity (Wildman–Crippen MR) is 79.8 cm³/mol. The quantitative estimate of drug-likeness (QED) is 0.643. The summed E-state index contributed by atoms with van der Waals surface area (Å²) in [4.78, 5) is 4.45. The summed E-state index contributed by atoms with van der Waals surface area (Å²) in [6.07, 6.45) is 1.76. The van der Waals surface area contributed by atoms with Gasteiger partial charge in [-0.15, -0.1) is 0 Å². The molecule has 0 aliphatic rings. The third-order valence-corrected chi connectivity index (χ3v) is 3.29. The van der Waals surface area contributed by atoms with E-state index in [4.69, 9.17) is 0 Å². The van der Waals surface area contributed by atoms with E-state index in [1.807, 2.05) is 12.1 Å². The fraction of sp³-hybridized carbons (Fsp3) is 0.0556. The fourth-order valence-corrected chi connectivity index (χ4v) is 2.21. The highest BCUT2D eigenvalue weighted by Gasteiger charge is 2.08. The molecule has 0 aliphatic carbocycles. The van der Waals surface area contributed by atoms with Crippen molar-refractivity contribution in [2.45, 2.75) is 6.92 Å². The van der Waals surface area contributed by atoms with E-state index in [1.165, 1.54) is 17.7 Å². The molecule has 0 spiro atoms. The van der Waals surface area contributed by atoms with Crippen LogP contribution < -0.4 is 0 Å². The number of aromatic nitrogens is 1. The molecule has 1 nitrogen and oxygen atoms in total. The van der Waals surface area contributed by atoms with Crippen molar-refractivity contribution < 1.29 is 4.39 Å². The number of rotatable bonds is 2. The van der Waals surface area contributed by atoms with Gasteiger partial charge in [0.25, 0.3) is 0 Å². The SMILES string of the molecule is Cc1ccc(-c2cccnc2-c2ccc(F)cc2)cc1. The summed E-state index contributed by atoms with van der Waals surface area (Å²) >= 11 is 0. The van der Waals surface area contributed by atoms with Gasteiger partial charge < -0.3 is 0 Å². The number of aryl methyl sites for hydroxylation is 1. The third kappa shape index (κ3) is 2.45. The Hall–Kier alpha value is -2.48. The van der Waals surface area contributed by atoms with E-state index in [0.717, 1.165) is 22.4 Å². The first-order valence-corrected chi connectivity index (χ1v) is 6.52. The molecule has 0 saturated heterocycles. The minimum absolute atomic E-state index is 0.235. The molecule has 0 bridgehead atoms. The zero-order valence-corrected chi connectivity index (χ0v) is 11.2. The van der Waals surface area contributed by atoms with Gasteiger partial charge in [0, 0.05) is 17.3 Å². The Balaban J connectivity index is 2.13. The predicted octanol–water partition coefficient (Wildman–Crippen LogP) is 4.86. The van der Waals surface area contributed by atoms with Crippen molar-refractivity contribution >= 4 is 0 Å². The molecule has 0 radical (unpaired) electrons. The molecule has 0 unspecified atom stereocenters. The van der Waals surface area contributed by atoms with Crippen molar-refractivity contribution in [2.24, 2.45) is 0 Å². The van der Waals surface area contributed by atoms with Crippen LogP contribution in [0, 0.1) is 12.7 Å². The number of hydrogen-bond acceptors (Lipinski definition) is 1. The molecule has 1 heterocycles. The lowest BCUT2D eigenvalue weighted by molar-refractivity contribution is 0.628. The maximum Gasteiger partial charge on any atom is 0.123 e. The van der Waals surface area contributed by atoms with Crippen LogP contribution in [0.3, 0.4) is 0 Å². The molecule has 0 amide bonds. The maximum absolute atomic E-state index is 13.0. The van der Waals surface area contributed by atoms with Crippen molar-refractivity contribution in [3.05, 3.63) is 78.2 Å². The van der Waals surface area contributed by atoms with Crippen molar-refractivity contribution in [3.8, 4) is 22.4 Å². The average molecular weight is 263 g/mol. The number of hydrogen-bond donors (Lipinski definition) is 0. The molecule has 0 atom stereocenters. The van der Waals surface area contributed by atoms with E-state index in [0.29, 0.717) is 0 Å². The first kappa shape index (κ1) is 12.5. The topological polar surface area (TPSA) is 12.9 Å². The second-order valence-corrected chi connectivity index (χ2v) is 4.77. The first-order valence-electron chi connectivity index (χ1n) is 6.52. The molecule has 2 heteroatoms. The van der Waals surface area contributed by atoms with Gasteiger partial charge in [0.15, 0.2) is 0 Å². The number of pyridine rings is 1. The Morgan fingerprint density at radius 3 is 2.15 bits per heavy atom. The highest BCUT2D eigenvalue weighted by Crippen LogP contribution is 2.30.